The van der Waals surface area contributed by atoms with E-state index in [9.17, 15) is 0 Å². The second kappa shape index (κ2) is 7.20. The minimum atomic E-state index is 0.308. The zero-order valence-electron chi connectivity index (χ0n) is 10.3. The normalized spacial score (nSPS) is 22.6. The highest BCUT2D eigenvalue weighted by Gasteiger charge is 2.18. The molecule has 2 atom stereocenters. The molecular formula is C12H25NO2. The molecular weight excluding hydrogens is 190 g/mol. The van der Waals surface area contributed by atoms with Crippen molar-refractivity contribution in [2.24, 2.45) is 5.92 Å². The summed E-state index contributed by atoms with van der Waals surface area (Å²) in [5.74, 6) is 0.704. The van der Waals surface area contributed by atoms with Gasteiger partial charge in [0.2, 0.25) is 0 Å². The van der Waals surface area contributed by atoms with Crippen LogP contribution >= 0.6 is 0 Å². The Bertz CT molecular complexity index is 154. The lowest BCUT2D eigenvalue weighted by Gasteiger charge is -2.27. The van der Waals surface area contributed by atoms with Gasteiger partial charge in [-0.2, -0.15) is 0 Å². The third-order valence-corrected chi connectivity index (χ3v) is 3.31. The minimum Gasteiger partial charge on any atom is -0.381 e. The molecule has 1 rings (SSSR count). The van der Waals surface area contributed by atoms with Crippen molar-refractivity contribution >= 4 is 0 Å². The number of hydrogen-bond acceptors (Lipinski definition) is 3. The molecule has 0 aliphatic carbocycles. The average molecular weight is 215 g/mol. The first-order valence-corrected chi connectivity index (χ1v) is 6.14. The zero-order chi connectivity index (χ0) is 11.1. The van der Waals surface area contributed by atoms with E-state index in [0.29, 0.717) is 18.1 Å². The van der Waals surface area contributed by atoms with Gasteiger partial charge in [0, 0.05) is 25.9 Å². The van der Waals surface area contributed by atoms with Crippen molar-refractivity contribution in [2.75, 3.05) is 26.9 Å². The van der Waals surface area contributed by atoms with Crippen LogP contribution in [-0.4, -0.2) is 39.0 Å². The Kier molecular flexibility index (Phi) is 6.22. The Balaban J connectivity index is 2.16. The van der Waals surface area contributed by atoms with Gasteiger partial charge in [0.05, 0.1) is 6.10 Å². The fourth-order valence-electron chi connectivity index (χ4n) is 2.09. The van der Waals surface area contributed by atoms with E-state index >= 15 is 0 Å². The monoisotopic (exact) mass is 215 g/mol. The van der Waals surface area contributed by atoms with Crippen molar-refractivity contribution in [2.45, 2.75) is 45.3 Å². The van der Waals surface area contributed by atoms with Crippen LogP contribution in [0, 0.1) is 5.92 Å². The standard InChI is InChI=1S/C12H25NO2/c1-4-12(13-3)10(2)15-9-11-5-7-14-8-6-11/h10-13H,4-9H2,1-3H3. The van der Waals surface area contributed by atoms with Crippen molar-refractivity contribution in [3.63, 3.8) is 0 Å². The van der Waals surface area contributed by atoms with Crippen LogP contribution in [0.3, 0.4) is 0 Å². The van der Waals surface area contributed by atoms with E-state index in [4.69, 9.17) is 9.47 Å². The summed E-state index contributed by atoms with van der Waals surface area (Å²) < 4.78 is 11.2. The van der Waals surface area contributed by atoms with Gasteiger partial charge in [-0.3, -0.25) is 0 Å². The molecule has 0 radical (unpaired) electrons. The fourth-order valence-corrected chi connectivity index (χ4v) is 2.09. The van der Waals surface area contributed by atoms with Gasteiger partial charge in [-0.15, -0.1) is 0 Å². The highest BCUT2D eigenvalue weighted by Crippen LogP contribution is 2.16. The first-order chi connectivity index (χ1) is 7.27. The predicted molar refractivity (Wildman–Crippen MR) is 62.1 cm³/mol. The molecule has 1 saturated heterocycles. The first-order valence-electron chi connectivity index (χ1n) is 6.14. The summed E-state index contributed by atoms with van der Waals surface area (Å²) in [6, 6.07) is 0.477. The van der Waals surface area contributed by atoms with Crippen molar-refractivity contribution in [1.82, 2.24) is 5.32 Å². The molecule has 1 N–H and O–H groups in total. The molecule has 90 valence electrons. The lowest BCUT2D eigenvalue weighted by atomic mass is 10.0. The molecule has 1 aliphatic heterocycles. The summed E-state index contributed by atoms with van der Waals surface area (Å²) in [7, 11) is 2.00. The van der Waals surface area contributed by atoms with E-state index in [1.54, 1.807) is 0 Å². The molecule has 0 spiro atoms. The Hall–Kier alpha value is -0.120. The summed E-state index contributed by atoms with van der Waals surface area (Å²) in [6.07, 6.45) is 3.74. The summed E-state index contributed by atoms with van der Waals surface area (Å²) in [5.41, 5.74) is 0. The molecule has 1 fully saturated rings. The maximum absolute atomic E-state index is 5.91. The van der Waals surface area contributed by atoms with E-state index in [1.807, 2.05) is 7.05 Å². The second-order valence-corrected chi connectivity index (χ2v) is 4.40. The van der Waals surface area contributed by atoms with Crippen LogP contribution < -0.4 is 5.32 Å². The summed E-state index contributed by atoms with van der Waals surface area (Å²) in [4.78, 5) is 0. The van der Waals surface area contributed by atoms with E-state index in [1.165, 1.54) is 0 Å². The summed E-state index contributed by atoms with van der Waals surface area (Å²) >= 11 is 0. The van der Waals surface area contributed by atoms with Crippen LogP contribution in [0.15, 0.2) is 0 Å². The lowest BCUT2D eigenvalue weighted by molar-refractivity contribution is -0.0165. The number of nitrogens with one attached hydrogen (secondary N) is 1. The quantitative estimate of drug-likeness (QED) is 0.733. The zero-order valence-corrected chi connectivity index (χ0v) is 10.3. The SMILES string of the molecule is CCC(NC)C(C)OCC1CCOCC1. The molecule has 15 heavy (non-hydrogen) atoms. The predicted octanol–water partition coefficient (Wildman–Crippen LogP) is 1.82. The third kappa shape index (κ3) is 4.49. The largest absolute Gasteiger partial charge is 0.381 e. The number of rotatable bonds is 6. The average Bonchev–Trinajstić information content (AvgIpc) is 2.29. The smallest absolute Gasteiger partial charge is 0.0699 e. The van der Waals surface area contributed by atoms with Gasteiger partial charge in [-0.25, -0.2) is 0 Å². The van der Waals surface area contributed by atoms with Gasteiger partial charge in [0.1, 0.15) is 0 Å². The van der Waals surface area contributed by atoms with Crippen LogP contribution in [0.2, 0.25) is 0 Å². The molecule has 1 heterocycles. The van der Waals surface area contributed by atoms with Crippen LogP contribution in [0.5, 0.6) is 0 Å². The second-order valence-electron chi connectivity index (χ2n) is 4.40. The Labute approximate surface area is 93.5 Å². The van der Waals surface area contributed by atoms with Gasteiger partial charge in [-0.05, 0) is 39.2 Å². The van der Waals surface area contributed by atoms with Gasteiger partial charge in [-0.1, -0.05) is 6.92 Å². The molecule has 0 saturated carbocycles. The van der Waals surface area contributed by atoms with E-state index < -0.39 is 0 Å². The van der Waals surface area contributed by atoms with Crippen molar-refractivity contribution < 1.29 is 9.47 Å². The van der Waals surface area contributed by atoms with E-state index in [2.05, 4.69) is 19.2 Å². The Morgan fingerprint density at radius 1 is 1.40 bits per heavy atom. The molecule has 0 aromatic rings. The van der Waals surface area contributed by atoms with Gasteiger partial charge in [0.25, 0.3) is 0 Å². The van der Waals surface area contributed by atoms with Crippen LogP contribution in [-0.2, 0) is 9.47 Å². The summed E-state index contributed by atoms with van der Waals surface area (Å²) in [5, 5.41) is 3.29. The van der Waals surface area contributed by atoms with Gasteiger partial charge >= 0.3 is 0 Å². The lowest BCUT2D eigenvalue weighted by Crippen LogP contribution is -2.38. The highest BCUT2D eigenvalue weighted by atomic mass is 16.5. The number of likely N-dealkylation sites (N-methyl/N-ethyl adjacent to an activating group) is 1. The number of hydrogen-bond donors (Lipinski definition) is 1. The fraction of sp³-hybridized carbons (Fsp3) is 1.00. The molecule has 0 aromatic heterocycles. The van der Waals surface area contributed by atoms with Crippen LogP contribution in [0.4, 0.5) is 0 Å². The molecule has 3 heteroatoms. The maximum atomic E-state index is 5.91. The molecule has 2 unspecified atom stereocenters. The van der Waals surface area contributed by atoms with Crippen molar-refractivity contribution in [3.05, 3.63) is 0 Å². The molecule has 3 nitrogen and oxygen atoms in total. The van der Waals surface area contributed by atoms with Crippen molar-refractivity contribution in [3.8, 4) is 0 Å². The van der Waals surface area contributed by atoms with Crippen LogP contribution in [0.1, 0.15) is 33.1 Å². The summed E-state index contributed by atoms with van der Waals surface area (Å²) in [6.45, 7) is 7.06. The van der Waals surface area contributed by atoms with Crippen molar-refractivity contribution in [1.29, 1.82) is 0 Å². The topological polar surface area (TPSA) is 30.5 Å². The Morgan fingerprint density at radius 3 is 2.60 bits per heavy atom. The minimum absolute atomic E-state index is 0.308. The third-order valence-electron chi connectivity index (χ3n) is 3.31. The van der Waals surface area contributed by atoms with Gasteiger partial charge < -0.3 is 14.8 Å². The maximum Gasteiger partial charge on any atom is 0.0699 e. The molecule has 0 aromatic carbocycles. The van der Waals surface area contributed by atoms with E-state index in [0.717, 1.165) is 39.1 Å². The molecule has 1 aliphatic rings. The number of ether oxygens (including phenoxy) is 2. The molecule has 0 amide bonds. The highest BCUT2D eigenvalue weighted by molar-refractivity contribution is 4.71. The Morgan fingerprint density at radius 2 is 2.07 bits per heavy atom. The van der Waals surface area contributed by atoms with Gasteiger partial charge in [0.15, 0.2) is 0 Å². The molecule has 0 bridgehead atoms. The van der Waals surface area contributed by atoms with E-state index in [-0.39, 0.29) is 0 Å². The van der Waals surface area contributed by atoms with Crippen LogP contribution in [0.25, 0.3) is 0 Å². The first kappa shape index (κ1) is 12.9.